The van der Waals surface area contributed by atoms with Gasteiger partial charge in [0.2, 0.25) is 11.9 Å². The van der Waals surface area contributed by atoms with Crippen molar-refractivity contribution in [3.8, 4) is 11.1 Å². The van der Waals surface area contributed by atoms with Crippen LogP contribution in [0.25, 0.3) is 22.9 Å². The number of fused-ring (bicyclic) bond motifs is 1. The van der Waals surface area contributed by atoms with Gasteiger partial charge in [-0.2, -0.15) is 19.6 Å². The average molecular weight is 501 g/mol. The van der Waals surface area contributed by atoms with Crippen molar-refractivity contribution >= 4 is 52.8 Å². The van der Waals surface area contributed by atoms with Crippen LogP contribution in [0, 0.1) is 0 Å². The van der Waals surface area contributed by atoms with E-state index in [0.29, 0.717) is 34.2 Å². The largest absolute Gasteiger partial charge is 0.351 e. The van der Waals surface area contributed by atoms with Gasteiger partial charge in [-0.05, 0) is 42.7 Å². The van der Waals surface area contributed by atoms with Gasteiger partial charge in [0.1, 0.15) is 5.70 Å². The second-order valence-corrected chi connectivity index (χ2v) is 9.09. The second kappa shape index (κ2) is 8.65. The Balaban J connectivity index is 1.47. The van der Waals surface area contributed by atoms with E-state index in [1.165, 1.54) is 0 Å². The fourth-order valence-corrected chi connectivity index (χ4v) is 4.24. The van der Waals surface area contributed by atoms with Gasteiger partial charge in [-0.15, -0.1) is 0 Å². The molecule has 6 rings (SSSR count). The zero-order valence-electron chi connectivity index (χ0n) is 19.2. The number of carbonyl (C=O) groups excluding carboxylic acids is 2. The topological polar surface area (TPSA) is 117 Å². The fourth-order valence-electron chi connectivity index (χ4n) is 4.05. The standard InChI is InChI=1S/C25H21ClN8O2/c1-33(20-8-3-2-7-18(20)14-5-4-6-16(26)11-14)23-30-21-15(12-19-22(35)31-25(36)29-19)13-27-34(21)24(32-23)28-17-9-10-17/h2-8,11-13,17H,9-10H2,1H3,(H,28,30,32)(H2,29,31,35,36)/b19-12-. The van der Waals surface area contributed by atoms with Gasteiger partial charge in [0.25, 0.3) is 5.91 Å². The van der Waals surface area contributed by atoms with Crippen LogP contribution in [0.1, 0.15) is 18.4 Å². The van der Waals surface area contributed by atoms with E-state index in [4.69, 9.17) is 21.6 Å². The molecule has 3 heterocycles. The third-order valence-corrected chi connectivity index (χ3v) is 6.25. The van der Waals surface area contributed by atoms with Crippen LogP contribution in [0.15, 0.2) is 60.4 Å². The summed E-state index contributed by atoms with van der Waals surface area (Å²) in [6.45, 7) is 0. The number of hydrogen-bond acceptors (Lipinski definition) is 7. The Morgan fingerprint density at radius 1 is 1.11 bits per heavy atom. The van der Waals surface area contributed by atoms with Crippen molar-refractivity contribution in [2.45, 2.75) is 18.9 Å². The van der Waals surface area contributed by atoms with Crippen molar-refractivity contribution in [3.05, 3.63) is 71.0 Å². The third-order valence-electron chi connectivity index (χ3n) is 6.01. The summed E-state index contributed by atoms with van der Waals surface area (Å²) in [7, 11) is 1.90. The lowest BCUT2D eigenvalue weighted by molar-refractivity contribution is -0.115. The van der Waals surface area contributed by atoms with Crippen LogP contribution in [-0.4, -0.2) is 44.6 Å². The SMILES string of the molecule is CN(c1nc(NC2CC2)n2ncc(/C=C3\NC(=O)NC3=O)c2n1)c1ccccc1-c1cccc(Cl)c1. The number of benzene rings is 2. The van der Waals surface area contributed by atoms with Crippen LogP contribution in [0.5, 0.6) is 0 Å². The average Bonchev–Trinajstić information content (AvgIpc) is 3.51. The summed E-state index contributed by atoms with van der Waals surface area (Å²) in [6, 6.07) is 15.4. The van der Waals surface area contributed by atoms with Crippen LogP contribution in [0.4, 0.5) is 22.4 Å². The van der Waals surface area contributed by atoms with Crippen molar-refractivity contribution in [1.82, 2.24) is 30.2 Å². The highest BCUT2D eigenvalue weighted by molar-refractivity contribution is 6.30. The van der Waals surface area contributed by atoms with Gasteiger partial charge in [0, 0.05) is 29.2 Å². The minimum Gasteiger partial charge on any atom is -0.351 e. The van der Waals surface area contributed by atoms with Crippen molar-refractivity contribution in [3.63, 3.8) is 0 Å². The highest BCUT2D eigenvalue weighted by Crippen LogP contribution is 2.35. The minimum atomic E-state index is -0.563. The number of halogens is 1. The highest BCUT2D eigenvalue weighted by atomic mass is 35.5. The number of urea groups is 1. The number of nitrogens with zero attached hydrogens (tertiary/aromatic N) is 5. The Morgan fingerprint density at radius 2 is 1.94 bits per heavy atom. The molecule has 2 aromatic carbocycles. The molecular formula is C25H21ClN8O2. The summed E-state index contributed by atoms with van der Waals surface area (Å²) >= 11 is 6.26. The number of nitrogens with one attached hydrogen (secondary N) is 3. The predicted octanol–water partition coefficient (Wildman–Crippen LogP) is 3.97. The van der Waals surface area contributed by atoms with Crippen molar-refractivity contribution < 1.29 is 9.59 Å². The van der Waals surface area contributed by atoms with Crippen LogP contribution in [0.3, 0.4) is 0 Å². The maximum atomic E-state index is 12.1. The molecule has 0 bridgehead atoms. The van der Waals surface area contributed by atoms with Crippen LogP contribution in [-0.2, 0) is 4.79 Å². The molecule has 2 aromatic heterocycles. The summed E-state index contributed by atoms with van der Waals surface area (Å²) < 4.78 is 1.61. The molecule has 1 aliphatic heterocycles. The molecular weight excluding hydrogens is 480 g/mol. The quantitative estimate of drug-likeness (QED) is 0.271. The second-order valence-electron chi connectivity index (χ2n) is 8.65. The predicted molar refractivity (Wildman–Crippen MR) is 137 cm³/mol. The first kappa shape index (κ1) is 22.1. The number of aromatic nitrogens is 4. The molecule has 2 fully saturated rings. The Morgan fingerprint density at radius 3 is 2.69 bits per heavy atom. The van der Waals surface area contributed by atoms with Crippen molar-refractivity contribution in [2.24, 2.45) is 0 Å². The number of para-hydroxylation sites is 1. The summed E-state index contributed by atoms with van der Waals surface area (Å²) in [4.78, 5) is 35.1. The number of imide groups is 1. The number of amides is 3. The van der Waals surface area contributed by atoms with Crippen molar-refractivity contribution in [2.75, 3.05) is 17.3 Å². The van der Waals surface area contributed by atoms with Gasteiger partial charge in [-0.3, -0.25) is 10.1 Å². The first-order chi connectivity index (χ1) is 17.5. The van der Waals surface area contributed by atoms with E-state index >= 15 is 0 Å². The van der Waals surface area contributed by atoms with E-state index in [0.717, 1.165) is 29.7 Å². The van der Waals surface area contributed by atoms with Gasteiger partial charge < -0.3 is 15.5 Å². The van der Waals surface area contributed by atoms with Gasteiger partial charge >= 0.3 is 6.03 Å². The molecule has 0 spiro atoms. The summed E-state index contributed by atoms with van der Waals surface area (Å²) in [5.74, 6) is 0.492. The number of hydrogen-bond donors (Lipinski definition) is 3. The maximum absolute atomic E-state index is 12.1. The molecule has 1 saturated heterocycles. The molecule has 0 atom stereocenters. The zero-order chi connectivity index (χ0) is 24.8. The Kier molecular flexibility index (Phi) is 5.30. The number of carbonyl (C=O) groups is 2. The Labute approximate surface area is 211 Å². The monoisotopic (exact) mass is 500 g/mol. The first-order valence-electron chi connectivity index (χ1n) is 11.4. The third kappa shape index (κ3) is 4.11. The summed E-state index contributed by atoms with van der Waals surface area (Å²) in [5, 5.41) is 13.2. The van der Waals surface area contributed by atoms with E-state index < -0.39 is 11.9 Å². The number of rotatable bonds is 6. The minimum absolute atomic E-state index is 0.131. The van der Waals surface area contributed by atoms with E-state index in [2.05, 4.69) is 21.0 Å². The molecule has 3 N–H and O–H groups in total. The van der Waals surface area contributed by atoms with Crippen LogP contribution < -0.4 is 20.9 Å². The molecule has 11 heteroatoms. The molecule has 2 aliphatic rings. The Bertz CT molecular complexity index is 1560. The first-order valence-corrected chi connectivity index (χ1v) is 11.8. The highest BCUT2D eigenvalue weighted by Gasteiger charge is 2.26. The van der Waals surface area contributed by atoms with Gasteiger partial charge in [-0.25, -0.2) is 4.79 Å². The normalized spacial score (nSPS) is 16.3. The molecule has 10 nitrogen and oxygen atoms in total. The molecule has 3 amide bonds. The van der Waals surface area contributed by atoms with Gasteiger partial charge in [-0.1, -0.05) is 41.9 Å². The molecule has 1 saturated carbocycles. The van der Waals surface area contributed by atoms with Crippen LogP contribution in [0.2, 0.25) is 5.02 Å². The smallest absolute Gasteiger partial charge is 0.326 e. The molecule has 0 unspecified atom stereocenters. The maximum Gasteiger partial charge on any atom is 0.326 e. The van der Waals surface area contributed by atoms with Gasteiger partial charge in [0.05, 0.1) is 11.9 Å². The van der Waals surface area contributed by atoms with Gasteiger partial charge in [0.15, 0.2) is 5.65 Å². The zero-order valence-corrected chi connectivity index (χ0v) is 20.0. The lowest BCUT2D eigenvalue weighted by Gasteiger charge is -2.22. The van der Waals surface area contributed by atoms with Crippen LogP contribution >= 0.6 is 11.6 Å². The Hall–Kier alpha value is -4.44. The van der Waals surface area contributed by atoms with Crippen molar-refractivity contribution in [1.29, 1.82) is 0 Å². The lowest BCUT2D eigenvalue weighted by Crippen LogP contribution is -2.22. The summed E-state index contributed by atoms with van der Waals surface area (Å²) in [6.07, 6.45) is 5.26. The van der Waals surface area contributed by atoms with E-state index in [1.54, 1.807) is 16.8 Å². The molecule has 4 aromatic rings. The molecule has 1 aliphatic carbocycles. The summed E-state index contributed by atoms with van der Waals surface area (Å²) in [5.41, 5.74) is 4.04. The molecule has 0 radical (unpaired) electrons. The molecule has 180 valence electrons. The fraction of sp³-hybridized carbons (Fsp3) is 0.160. The van der Waals surface area contributed by atoms with E-state index in [-0.39, 0.29) is 5.70 Å². The number of anilines is 3. The lowest BCUT2D eigenvalue weighted by atomic mass is 10.0. The van der Waals surface area contributed by atoms with E-state index in [1.807, 2.05) is 60.5 Å². The molecule has 36 heavy (non-hydrogen) atoms. The van der Waals surface area contributed by atoms with E-state index in [9.17, 15) is 9.59 Å².